The summed E-state index contributed by atoms with van der Waals surface area (Å²) in [7, 11) is 0. The maximum Gasteiger partial charge on any atom is 0.306 e. The van der Waals surface area contributed by atoms with Crippen LogP contribution in [0.1, 0.15) is 233 Å². The van der Waals surface area contributed by atoms with Crippen molar-refractivity contribution in [3.63, 3.8) is 0 Å². The monoisotopic (exact) mass is 1000 g/mol. The highest BCUT2D eigenvalue weighted by atomic mass is 16.7. The molecule has 1 amide bonds. The molecule has 0 bridgehead atoms. The predicted octanol–water partition coefficient (Wildman–Crippen LogP) is 12.8. The van der Waals surface area contributed by atoms with E-state index in [9.17, 15) is 35.1 Å². The van der Waals surface area contributed by atoms with Gasteiger partial charge in [0.15, 0.2) is 12.4 Å². The van der Waals surface area contributed by atoms with E-state index in [2.05, 4.69) is 74.7 Å². The molecule has 0 spiro atoms. The Morgan fingerprint density at radius 2 is 1.01 bits per heavy atom. The number of carbonyl (C=O) groups excluding carboxylic acids is 2. The van der Waals surface area contributed by atoms with E-state index < -0.39 is 67.4 Å². The molecule has 8 unspecified atom stereocenters. The van der Waals surface area contributed by atoms with E-state index >= 15 is 0 Å². The van der Waals surface area contributed by atoms with Crippen molar-refractivity contribution in [2.24, 2.45) is 0 Å². The van der Waals surface area contributed by atoms with Crippen molar-refractivity contribution in [2.75, 3.05) is 13.2 Å². The zero-order chi connectivity index (χ0) is 51.8. The molecular formula is C60H105NO10. The van der Waals surface area contributed by atoms with Crippen molar-refractivity contribution in [2.45, 2.75) is 282 Å². The van der Waals surface area contributed by atoms with Crippen LogP contribution >= 0.6 is 0 Å². The molecule has 0 aromatic carbocycles. The van der Waals surface area contributed by atoms with Gasteiger partial charge < -0.3 is 45.1 Å². The summed E-state index contributed by atoms with van der Waals surface area (Å²) in [5, 5.41) is 56.7. The van der Waals surface area contributed by atoms with Gasteiger partial charge in [0.2, 0.25) is 5.91 Å². The molecule has 1 saturated heterocycles. The molecule has 1 rings (SSSR count). The number of esters is 1. The largest absolute Gasteiger partial charge is 0.454 e. The molecular weight excluding hydrogens is 895 g/mol. The quantitative estimate of drug-likeness (QED) is 0.0196. The third kappa shape index (κ3) is 36.6. The smallest absolute Gasteiger partial charge is 0.306 e. The first-order chi connectivity index (χ1) is 34.7. The second-order valence-corrected chi connectivity index (χ2v) is 19.6. The fourth-order valence-corrected chi connectivity index (χ4v) is 8.57. The van der Waals surface area contributed by atoms with Gasteiger partial charge in [-0.15, -0.1) is 0 Å². The Hall–Kier alpha value is -2.90. The van der Waals surface area contributed by atoms with E-state index in [1.165, 1.54) is 109 Å². The Balaban J connectivity index is 2.76. The number of ether oxygens (including phenoxy) is 3. The third-order valence-electron chi connectivity index (χ3n) is 13.1. The molecule has 0 saturated carbocycles. The molecule has 1 aliphatic rings. The summed E-state index contributed by atoms with van der Waals surface area (Å²) in [6.07, 6.45) is 49.6. The Bertz CT molecular complexity index is 1430. The van der Waals surface area contributed by atoms with Gasteiger partial charge in [0.25, 0.3) is 0 Å². The maximum atomic E-state index is 13.3. The number of aliphatic hydroxyl groups is 5. The molecule has 0 radical (unpaired) electrons. The molecule has 410 valence electrons. The number of hydrogen-bond donors (Lipinski definition) is 6. The second kappa shape index (κ2) is 48.1. The molecule has 0 aromatic heterocycles. The van der Waals surface area contributed by atoms with Crippen molar-refractivity contribution < 1.29 is 49.3 Å². The number of aliphatic hydroxyl groups excluding tert-OH is 5. The zero-order valence-electron chi connectivity index (χ0n) is 45.1. The molecule has 6 N–H and O–H groups in total. The molecule has 8 atom stereocenters. The minimum atomic E-state index is -1.62. The van der Waals surface area contributed by atoms with Crippen LogP contribution in [-0.4, -0.2) is 99.6 Å². The van der Waals surface area contributed by atoms with Crippen LogP contribution in [0.3, 0.4) is 0 Å². The predicted molar refractivity (Wildman–Crippen MR) is 292 cm³/mol. The van der Waals surface area contributed by atoms with Gasteiger partial charge in [0.1, 0.15) is 24.4 Å². The van der Waals surface area contributed by atoms with Crippen LogP contribution in [0.5, 0.6) is 0 Å². The Kier molecular flexibility index (Phi) is 44.8. The number of rotatable bonds is 47. The minimum Gasteiger partial charge on any atom is -0.454 e. The van der Waals surface area contributed by atoms with E-state index in [0.29, 0.717) is 12.8 Å². The van der Waals surface area contributed by atoms with Crippen LogP contribution in [-0.2, 0) is 23.8 Å². The summed E-state index contributed by atoms with van der Waals surface area (Å²) in [5.74, 6) is -1.26. The van der Waals surface area contributed by atoms with E-state index in [-0.39, 0.29) is 19.4 Å². The van der Waals surface area contributed by atoms with E-state index in [4.69, 9.17) is 14.2 Å². The van der Waals surface area contributed by atoms with Crippen LogP contribution in [0, 0.1) is 0 Å². The first-order valence-electron chi connectivity index (χ1n) is 28.7. The fraction of sp³-hybridized carbons (Fsp3) is 0.767. The summed E-state index contributed by atoms with van der Waals surface area (Å²) in [4.78, 5) is 26.4. The topological polar surface area (TPSA) is 175 Å². The third-order valence-corrected chi connectivity index (χ3v) is 13.1. The first kappa shape index (κ1) is 66.1. The average Bonchev–Trinajstić information content (AvgIpc) is 3.37. The second-order valence-electron chi connectivity index (χ2n) is 19.6. The van der Waals surface area contributed by atoms with Gasteiger partial charge in [-0.25, -0.2) is 0 Å². The molecule has 0 aliphatic carbocycles. The van der Waals surface area contributed by atoms with Gasteiger partial charge in [-0.2, -0.15) is 0 Å². The number of hydrogen-bond acceptors (Lipinski definition) is 10. The molecule has 0 aromatic rings. The molecule has 1 heterocycles. The molecule has 11 heteroatoms. The maximum absolute atomic E-state index is 13.3. The summed E-state index contributed by atoms with van der Waals surface area (Å²) < 4.78 is 17.5. The SMILES string of the molecule is CC/C=C\C/C=C\C/C=C\C/C=C\C/C=C\CCC(O)C(=O)NC(COC1OC(CO)C(O)C(O)C1OC(=O)CCCCCCCCCCCCCCCCC)C(O)/C=C/CCCCCCCCCCC. The van der Waals surface area contributed by atoms with Crippen LogP contribution in [0.15, 0.2) is 72.9 Å². The lowest BCUT2D eigenvalue weighted by Crippen LogP contribution is -2.61. The Morgan fingerprint density at radius 1 is 0.563 bits per heavy atom. The highest BCUT2D eigenvalue weighted by Crippen LogP contribution is 2.26. The van der Waals surface area contributed by atoms with Crippen LogP contribution < -0.4 is 5.32 Å². The molecule has 71 heavy (non-hydrogen) atoms. The Morgan fingerprint density at radius 3 is 1.49 bits per heavy atom. The summed E-state index contributed by atoms with van der Waals surface area (Å²) in [6.45, 7) is 5.62. The number of nitrogens with one attached hydrogen (secondary N) is 1. The summed E-state index contributed by atoms with van der Waals surface area (Å²) in [6, 6.07) is -1.05. The van der Waals surface area contributed by atoms with Gasteiger partial charge in [0, 0.05) is 6.42 Å². The number of unbranched alkanes of at least 4 members (excludes halogenated alkanes) is 23. The highest BCUT2D eigenvalue weighted by Gasteiger charge is 2.47. The lowest BCUT2D eigenvalue weighted by Gasteiger charge is -2.41. The van der Waals surface area contributed by atoms with Crippen molar-refractivity contribution in [1.82, 2.24) is 5.32 Å². The summed E-state index contributed by atoms with van der Waals surface area (Å²) >= 11 is 0. The standard InChI is InChI=1S/C60H105NO10/c1-4-7-10-13-16-19-22-24-26-28-29-32-35-38-41-44-47-53(64)59(68)61-51(52(63)46-43-40-37-34-31-21-18-15-12-9-6-3)50-69-60-58(57(67)56(66)54(49-62)70-60)71-55(65)48-45-42-39-36-33-30-27-25-23-20-17-14-11-8-5-2/h7,10,16,19,24,26,29,32,38,41,43,46,51-54,56-58,60,62-64,66-67H,4-6,8-9,11-15,17-18,20-23,25,27-28,30-31,33-37,39-40,42,44-45,47-50H2,1-3H3,(H,61,68)/b10-7-,19-16-,26-24-,32-29-,41-38-,46-43+. The van der Waals surface area contributed by atoms with E-state index in [0.717, 1.165) is 77.0 Å². The van der Waals surface area contributed by atoms with E-state index in [1.807, 2.05) is 18.2 Å². The molecule has 1 fully saturated rings. The Labute approximate surface area is 432 Å². The van der Waals surface area contributed by atoms with Crippen molar-refractivity contribution in [1.29, 1.82) is 0 Å². The molecule has 1 aliphatic heterocycles. The highest BCUT2D eigenvalue weighted by molar-refractivity contribution is 5.80. The summed E-state index contributed by atoms with van der Waals surface area (Å²) in [5.41, 5.74) is 0. The number of allylic oxidation sites excluding steroid dienone is 11. The van der Waals surface area contributed by atoms with Crippen molar-refractivity contribution in [3.8, 4) is 0 Å². The number of carbonyl (C=O) groups is 2. The van der Waals surface area contributed by atoms with E-state index in [1.54, 1.807) is 6.08 Å². The van der Waals surface area contributed by atoms with Gasteiger partial charge in [-0.3, -0.25) is 9.59 Å². The lowest BCUT2D eigenvalue weighted by molar-refractivity contribution is -0.305. The van der Waals surface area contributed by atoms with Gasteiger partial charge in [-0.1, -0.05) is 235 Å². The van der Waals surface area contributed by atoms with Gasteiger partial charge in [-0.05, 0) is 64.2 Å². The average molecular weight is 1000 g/mol. The molecule has 11 nitrogen and oxygen atoms in total. The number of amides is 1. The van der Waals surface area contributed by atoms with Crippen LogP contribution in [0.25, 0.3) is 0 Å². The van der Waals surface area contributed by atoms with Gasteiger partial charge >= 0.3 is 5.97 Å². The van der Waals surface area contributed by atoms with Crippen LogP contribution in [0.4, 0.5) is 0 Å². The first-order valence-corrected chi connectivity index (χ1v) is 28.7. The minimum absolute atomic E-state index is 0.117. The fourth-order valence-electron chi connectivity index (χ4n) is 8.57. The van der Waals surface area contributed by atoms with Gasteiger partial charge in [0.05, 0.1) is 25.4 Å². The van der Waals surface area contributed by atoms with Crippen molar-refractivity contribution >= 4 is 11.9 Å². The van der Waals surface area contributed by atoms with Crippen molar-refractivity contribution in [3.05, 3.63) is 72.9 Å². The zero-order valence-corrected chi connectivity index (χ0v) is 45.1. The van der Waals surface area contributed by atoms with Crippen LogP contribution in [0.2, 0.25) is 0 Å². The normalized spacial score (nSPS) is 20.1. The lowest BCUT2D eigenvalue weighted by atomic mass is 9.99.